The Labute approximate surface area is 99.6 Å². The summed E-state index contributed by atoms with van der Waals surface area (Å²) in [7, 11) is -3.94. The molecule has 0 spiro atoms. The number of rotatable bonds is 4. The molecule has 6 nitrogen and oxygen atoms in total. The molecular weight excluding hydrogens is 244 g/mol. The fourth-order valence-electron chi connectivity index (χ4n) is 1.61. The maximum absolute atomic E-state index is 11.4. The highest BCUT2D eigenvalue weighted by Gasteiger charge is 2.23. The van der Waals surface area contributed by atoms with Crippen molar-refractivity contribution in [3.05, 3.63) is 33.9 Å². The second-order valence-corrected chi connectivity index (χ2v) is 5.68. The molecule has 0 atom stereocenters. The molecular formula is C10H14N2O4S. The zero-order valence-electron chi connectivity index (χ0n) is 9.58. The monoisotopic (exact) mass is 258 g/mol. The van der Waals surface area contributed by atoms with Crippen LogP contribution in [0.5, 0.6) is 0 Å². The van der Waals surface area contributed by atoms with E-state index in [4.69, 9.17) is 5.14 Å². The van der Waals surface area contributed by atoms with Crippen LogP contribution >= 0.6 is 0 Å². The SMILES string of the molecule is CC(C)Cc1c([N+](=O)[O-])cccc1S(N)(=O)=O. The minimum atomic E-state index is -3.94. The number of nitro groups is 1. The lowest BCUT2D eigenvalue weighted by Crippen LogP contribution is -2.16. The molecule has 0 amide bonds. The van der Waals surface area contributed by atoms with Crippen LogP contribution in [-0.4, -0.2) is 13.3 Å². The molecule has 0 aliphatic heterocycles. The van der Waals surface area contributed by atoms with Gasteiger partial charge in [-0.15, -0.1) is 0 Å². The molecule has 2 N–H and O–H groups in total. The first-order valence-electron chi connectivity index (χ1n) is 5.02. The maximum Gasteiger partial charge on any atom is 0.273 e. The minimum Gasteiger partial charge on any atom is -0.258 e. The van der Waals surface area contributed by atoms with Gasteiger partial charge in [-0.05, 0) is 18.4 Å². The number of hydrogen-bond acceptors (Lipinski definition) is 4. The van der Waals surface area contributed by atoms with Crippen molar-refractivity contribution in [3.8, 4) is 0 Å². The van der Waals surface area contributed by atoms with Crippen LogP contribution in [0.3, 0.4) is 0 Å². The molecule has 7 heteroatoms. The Morgan fingerprint density at radius 2 is 2.00 bits per heavy atom. The van der Waals surface area contributed by atoms with Gasteiger partial charge in [0.1, 0.15) is 0 Å². The summed E-state index contributed by atoms with van der Waals surface area (Å²) in [6.07, 6.45) is 0.295. The first-order valence-corrected chi connectivity index (χ1v) is 6.57. The summed E-state index contributed by atoms with van der Waals surface area (Å²) in [4.78, 5) is 10.1. The van der Waals surface area contributed by atoms with E-state index >= 15 is 0 Å². The third-order valence-corrected chi connectivity index (χ3v) is 3.22. The third kappa shape index (κ3) is 3.24. The van der Waals surface area contributed by atoms with Crippen molar-refractivity contribution in [1.29, 1.82) is 0 Å². The van der Waals surface area contributed by atoms with E-state index in [0.717, 1.165) is 0 Å². The van der Waals surface area contributed by atoms with Gasteiger partial charge in [-0.3, -0.25) is 10.1 Å². The Balaban J connectivity index is 3.51. The van der Waals surface area contributed by atoms with Crippen LogP contribution in [0.25, 0.3) is 0 Å². The molecule has 0 heterocycles. The molecule has 0 bridgehead atoms. The van der Waals surface area contributed by atoms with Gasteiger partial charge < -0.3 is 0 Å². The van der Waals surface area contributed by atoms with E-state index in [1.165, 1.54) is 18.2 Å². The van der Waals surface area contributed by atoms with Crippen LogP contribution in [0.2, 0.25) is 0 Å². The van der Waals surface area contributed by atoms with Crippen LogP contribution in [0.1, 0.15) is 19.4 Å². The molecule has 0 saturated carbocycles. The number of nitro benzene ring substituents is 1. The van der Waals surface area contributed by atoms with E-state index in [1.54, 1.807) is 0 Å². The predicted molar refractivity (Wildman–Crippen MR) is 63.0 cm³/mol. The quantitative estimate of drug-likeness (QED) is 0.651. The second kappa shape index (κ2) is 4.80. The van der Waals surface area contributed by atoms with Gasteiger partial charge in [0.05, 0.1) is 15.4 Å². The fraction of sp³-hybridized carbons (Fsp3) is 0.400. The van der Waals surface area contributed by atoms with Crippen LogP contribution in [0.15, 0.2) is 23.1 Å². The van der Waals surface area contributed by atoms with Gasteiger partial charge >= 0.3 is 0 Å². The summed E-state index contributed by atoms with van der Waals surface area (Å²) < 4.78 is 22.7. The van der Waals surface area contributed by atoms with Crippen LogP contribution in [0.4, 0.5) is 5.69 Å². The summed E-state index contributed by atoms with van der Waals surface area (Å²) in [6, 6.07) is 3.90. The molecule has 0 unspecified atom stereocenters. The van der Waals surface area contributed by atoms with E-state index in [1.807, 2.05) is 13.8 Å². The summed E-state index contributed by atoms with van der Waals surface area (Å²) in [6.45, 7) is 3.70. The van der Waals surface area contributed by atoms with Crippen molar-refractivity contribution in [2.45, 2.75) is 25.2 Å². The van der Waals surface area contributed by atoms with Crippen molar-refractivity contribution in [1.82, 2.24) is 0 Å². The second-order valence-electron chi connectivity index (χ2n) is 4.15. The Morgan fingerprint density at radius 3 is 2.41 bits per heavy atom. The van der Waals surface area contributed by atoms with Crippen molar-refractivity contribution < 1.29 is 13.3 Å². The number of benzene rings is 1. The average molecular weight is 258 g/mol. The third-order valence-electron chi connectivity index (χ3n) is 2.22. The smallest absolute Gasteiger partial charge is 0.258 e. The van der Waals surface area contributed by atoms with Crippen LogP contribution in [-0.2, 0) is 16.4 Å². The molecule has 1 rings (SSSR count). The molecule has 0 radical (unpaired) electrons. The lowest BCUT2D eigenvalue weighted by Gasteiger charge is -2.10. The van der Waals surface area contributed by atoms with Gasteiger partial charge in [-0.2, -0.15) is 0 Å². The van der Waals surface area contributed by atoms with E-state index in [2.05, 4.69) is 0 Å². The number of nitrogens with two attached hydrogens (primary N) is 1. The predicted octanol–water partition coefficient (Wildman–Crippen LogP) is 1.44. The van der Waals surface area contributed by atoms with Gasteiger partial charge in [0, 0.05) is 6.07 Å². The lowest BCUT2D eigenvalue weighted by atomic mass is 10.0. The molecule has 1 aromatic rings. The normalized spacial score (nSPS) is 11.8. The Bertz CT molecular complexity index is 537. The summed E-state index contributed by atoms with van der Waals surface area (Å²) >= 11 is 0. The Hall–Kier alpha value is -1.47. The van der Waals surface area contributed by atoms with Crippen molar-refractivity contribution in [2.24, 2.45) is 11.1 Å². The molecule has 0 saturated heterocycles. The number of nitrogens with zero attached hydrogens (tertiary/aromatic N) is 1. The number of sulfonamides is 1. The molecule has 94 valence electrons. The highest BCUT2D eigenvalue weighted by molar-refractivity contribution is 7.89. The molecule has 17 heavy (non-hydrogen) atoms. The average Bonchev–Trinajstić information content (AvgIpc) is 2.14. The summed E-state index contributed by atoms with van der Waals surface area (Å²) in [5.41, 5.74) is -0.0276. The summed E-state index contributed by atoms with van der Waals surface area (Å²) in [5.74, 6) is 0.0941. The van der Waals surface area contributed by atoms with E-state index < -0.39 is 14.9 Å². The zero-order chi connectivity index (χ0) is 13.2. The standard InChI is InChI=1S/C10H14N2O4S/c1-7(2)6-8-9(12(13)14)4-3-5-10(8)17(11,15)16/h3-5,7H,6H2,1-2H3,(H2,11,15,16). The lowest BCUT2D eigenvalue weighted by molar-refractivity contribution is -0.385. The largest absolute Gasteiger partial charge is 0.273 e. The molecule has 0 aliphatic rings. The van der Waals surface area contributed by atoms with Gasteiger partial charge in [-0.25, -0.2) is 13.6 Å². The highest BCUT2D eigenvalue weighted by Crippen LogP contribution is 2.27. The van der Waals surface area contributed by atoms with E-state index in [0.29, 0.717) is 6.42 Å². The Kier molecular flexibility index (Phi) is 3.84. The molecule has 1 aromatic carbocycles. The van der Waals surface area contributed by atoms with Crippen molar-refractivity contribution in [2.75, 3.05) is 0 Å². The number of primary sulfonamides is 1. The fourth-order valence-corrected chi connectivity index (χ4v) is 2.40. The van der Waals surface area contributed by atoms with Gasteiger partial charge in [0.25, 0.3) is 5.69 Å². The first kappa shape index (κ1) is 13.6. The Morgan fingerprint density at radius 1 is 1.41 bits per heavy atom. The van der Waals surface area contributed by atoms with E-state index in [-0.39, 0.29) is 22.1 Å². The van der Waals surface area contributed by atoms with Crippen LogP contribution in [0, 0.1) is 16.0 Å². The number of hydrogen-bond donors (Lipinski definition) is 1. The maximum atomic E-state index is 11.4. The van der Waals surface area contributed by atoms with Crippen LogP contribution < -0.4 is 5.14 Å². The molecule has 0 aliphatic carbocycles. The van der Waals surface area contributed by atoms with Gasteiger partial charge in [0.15, 0.2) is 0 Å². The van der Waals surface area contributed by atoms with Crippen molar-refractivity contribution in [3.63, 3.8) is 0 Å². The molecule has 0 fully saturated rings. The van der Waals surface area contributed by atoms with E-state index in [9.17, 15) is 18.5 Å². The van der Waals surface area contributed by atoms with Crippen molar-refractivity contribution >= 4 is 15.7 Å². The highest BCUT2D eigenvalue weighted by atomic mass is 32.2. The topological polar surface area (TPSA) is 103 Å². The van der Waals surface area contributed by atoms with Gasteiger partial charge in [0.2, 0.25) is 10.0 Å². The first-order chi connectivity index (χ1) is 7.73. The molecule has 0 aromatic heterocycles. The zero-order valence-corrected chi connectivity index (χ0v) is 10.4. The summed E-state index contributed by atoms with van der Waals surface area (Å²) in [5, 5.41) is 15.9. The van der Waals surface area contributed by atoms with Gasteiger partial charge in [-0.1, -0.05) is 19.9 Å². The minimum absolute atomic E-state index is 0.0941.